The van der Waals surface area contributed by atoms with Crippen molar-refractivity contribution in [1.29, 1.82) is 0 Å². The zero-order valence-corrected chi connectivity index (χ0v) is 17.9. The number of aryl methyl sites for hydroxylation is 2. The fourth-order valence-electron chi connectivity index (χ4n) is 5.26. The molecule has 5 rings (SSSR count). The van der Waals surface area contributed by atoms with Gasteiger partial charge in [0, 0.05) is 10.9 Å². The summed E-state index contributed by atoms with van der Waals surface area (Å²) >= 11 is 0. The first-order chi connectivity index (χ1) is 14.6. The van der Waals surface area contributed by atoms with Crippen molar-refractivity contribution in [2.24, 2.45) is 0 Å². The number of piperidine rings is 1. The number of benzene rings is 1. The van der Waals surface area contributed by atoms with Crippen LogP contribution < -0.4 is 5.56 Å². The van der Waals surface area contributed by atoms with Crippen molar-refractivity contribution >= 4 is 10.9 Å². The van der Waals surface area contributed by atoms with Crippen molar-refractivity contribution in [3.05, 3.63) is 51.1 Å². The van der Waals surface area contributed by atoms with E-state index in [9.17, 15) is 4.79 Å². The predicted octanol–water partition coefficient (Wildman–Crippen LogP) is 3.82. The third-order valence-corrected chi connectivity index (χ3v) is 6.96. The maximum atomic E-state index is 13.3. The normalized spacial score (nSPS) is 19.5. The molecule has 7 heteroatoms. The molecule has 2 aromatic heterocycles. The van der Waals surface area contributed by atoms with Gasteiger partial charge in [-0.1, -0.05) is 31.4 Å². The van der Waals surface area contributed by atoms with Crippen LogP contribution in [0.2, 0.25) is 0 Å². The number of H-pyrrole nitrogens is 1. The van der Waals surface area contributed by atoms with E-state index in [2.05, 4.69) is 50.5 Å². The van der Waals surface area contributed by atoms with Crippen LogP contribution in [0.25, 0.3) is 10.9 Å². The van der Waals surface area contributed by atoms with E-state index in [0.717, 1.165) is 66.6 Å². The molecule has 7 nitrogen and oxygen atoms in total. The van der Waals surface area contributed by atoms with E-state index in [1.807, 2.05) is 11.6 Å². The number of fused-ring (bicyclic) bond motifs is 1. The number of pyridine rings is 1. The van der Waals surface area contributed by atoms with Crippen LogP contribution in [0.5, 0.6) is 0 Å². The van der Waals surface area contributed by atoms with Gasteiger partial charge in [0.25, 0.3) is 5.56 Å². The molecule has 3 heterocycles. The molecule has 1 unspecified atom stereocenters. The molecule has 0 bridgehead atoms. The van der Waals surface area contributed by atoms with Crippen LogP contribution in [0.3, 0.4) is 0 Å². The topological polar surface area (TPSA) is 79.7 Å². The number of rotatable bonds is 4. The van der Waals surface area contributed by atoms with Gasteiger partial charge in [-0.3, -0.25) is 9.69 Å². The van der Waals surface area contributed by atoms with Crippen molar-refractivity contribution in [3.63, 3.8) is 0 Å². The molecule has 2 fully saturated rings. The number of nitrogens with one attached hydrogen (secondary N) is 1. The molecule has 0 amide bonds. The van der Waals surface area contributed by atoms with Gasteiger partial charge in [-0.05, 0) is 80.2 Å². The first-order valence-electron chi connectivity index (χ1n) is 11.3. The number of nitrogens with zero attached hydrogens (tertiary/aromatic N) is 5. The Morgan fingerprint density at radius 2 is 1.77 bits per heavy atom. The van der Waals surface area contributed by atoms with Crippen LogP contribution in [0.15, 0.2) is 23.0 Å². The molecule has 0 spiro atoms. The molecule has 1 atom stereocenters. The number of tetrazole rings is 1. The molecular weight excluding hydrogens is 376 g/mol. The lowest BCUT2D eigenvalue weighted by Gasteiger charge is -2.34. The van der Waals surface area contributed by atoms with E-state index in [-0.39, 0.29) is 11.6 Å². The largest absolute Gasteiger partial charge is 0.321 e. The summed E-state index contributed by atoms with van der Waals surface area (Å²) in [6.45, 7) is 6.07. The predicted molar refractivity (Wildman–Crippen MR) is 117 cm³/mol. The molecule has 1 saturated carbocycles. The summed E-state index contributed by atoms with van der Waals surface area (Å²) in [5.41, 5.74) is 3.90. The van der Waals surface area contributed by atoms with Gasteiger partial charge in [-0.2, -0.15) is 0 Å². The molecule has 1 saturated heterocycles. The minimum atomic E-state index is -0.214. The third kappa shape index (κ3) is 3.35. The van der Waals surface area contributed by atoms with Gasteiger partial charge >= 0.3 is 0 Å². The summed E-state index contributed by atoms with van der Waals surface area (Å²) in [6.07, 6.45) is 8.18. The summed E-state index contributed by atoms with van der Waals surface area (Å²) in [4.78, 5) is 18.9. The molecule has 2 aliphatic rings. The van der Waals surface area contributed by atoms with E-state index >= 15 is 0 Å². The number of likely N-dealkylation sites (tertiary alicyclic amines) is 1. The van der Waals surface area contributed by atoms with Crippen molar-refractivity contribution in [1.82, 2.24) is 30.1 Å². The summed E-state index contributed by atoms with van der Waals surface area (Å²) in [5.74, 6) is 0.818. The number of aromatic nitrogens is 5. The summed E-state index contributed by atoms with van der Waals surface area (Å²) in [5, 5.41) is 14.0. The van der Waals surface area contributed by atoms with Crippen molar-refractivity contribution in [2.75, 3.05) is 13.1 Å². The summed E-state index contributed by atoms with van der Waals surface area (Å²) in [6, 6.07) is 6.40. The maximum absolute atomic E-state index is 13.3. The number of hydrogen-bond acceptors (Lipinski definition) is 5. The number of aromatic amines is 1. The first-order valence-corrected chi connectivity index (χ1v) is 11.3. The molecule has 30 heavy (non-hydrogen) atoms. The second-order valence-corrected chi connectivity index (χ2v) is 8.96. The van der Waals surface area contributed by atoms with Gasteiger partial charge in [0.15, 0.2) is 5.82 Å². The van der Waals surface area contributed by atoms with E-state index in [0.29, 0.717) is 6.04 Å². The Morgan fingerprint density at radius 3 is 2.53 bits per heavy atom. The van der Waals surface area contributed by atoms with Crippen LogP contribution in [-0.4, -0.2) is 43.2 Å². The highest BCUT2D eigenvalue weighted by Gasteiger charge is 2.33. The van der Waals surface area contributed by atoms with Gasteiger partial charge in [-0.15, -0.1) is 5.10 Å². The van der Waals surface area contributed by atoms with Crippen molar-refractivity contribution in [2.45, 2.75) is 70.9 Å². The average molecular weight is 407 g/mol. The molecule has 1 N–H and O–H groups in total. The molecule has 1 aliphatic carbocycles. The minimum Gasteiger partial charge on any atom is -0.321 e. The van der Waals surface area contributed by atoms with Gasteiger partial charge in [-0.25, -0.2) is 4.68 Å². The second kappa shape index (κ2) is 7.95. The average Bonchev–Trinajstić information content (AvgIpc) is 3.45. The molecule has 0 radical (unpaired) electrons. The molecule has 1 aliphatic heterocycles. The van der Waals surface area contributed by atoms with Gasteiger partial charge in [0.05, 0.1) is 11.6 Å². The highest BCUT2D eigenvalue weighted by Crippen LogP contribution is 2.35. The van der Waals surface area contributed by atoms with Gasteiger partial charge in [0.1, 0.15) is 6.04 Å². The van der Waals surface area contributed by atoms with Crippen LogP contribution in [0.4, 0.5) is 0 Å². The Labute approximate surface area is 176 Å². The monoisotopic (exact) mass is 406 g/mol. The Bertz CT molecular complexity index is 1100. The Hall–Kier alpha value is -2.54. The van der Waals surface area contributed by atoms with Gasteiger partial charge < -0.3 is 4.98 Å². The summed E-state index contributed by atoms with van der Waals surface area (Å²) < 4.78 is 2.01. The fourth-order valence-corrected chi connectivity index (χ4v) is 5.26. The smallest absolute Gasteiger partial charge is 0.253 e. The first kappa shape index (κ1) is 19.4. The van der Waals surface area contributed by atoms with Crippen LogP contribution in [0.1, 0.15) is 79.5 Å². The molecule has 158 valence electrons. The van der Waals surface area contributed by atoms with Crippen molar-refractivity contribution < 1.29 is 0 Å². The third-order valence-electron chi connectivity index (χ3n) is 6.96. The quantitative estimate of drug-likeness (QED) is 0.712. The Balaban J connectivity index is 1.68. The number of hydrogen-bond donors (Lipinski definition) is 1. The molecule has 3 aromatic rings. The lowest BCUT2D eigenvalue weighted by Crippen LogP contribution is -2.38. The SMILES string of the molecule is Cc1ccc(C)c2[nH]c(=O)c(C(c3nnnn3C3CCCC3)N3CCCCC3)cc12. The Kier molecular flexibility index (Phi) is 5.15. The maximum Gasteiger partial charge on any atom is 0.253 e. The standard InChI is InChI=1S/C23H30N6O/c1-15-10-11-16(2)20-18(15)14-19(23(30)24-20)21(28-12-6-3-7-13-28)22-25-26-27-29(22)17-8-4-5-9-17/h10-11,14,17,21H,3-9,12-13H2,1-2H3,(H,24,30). The van der Waals surface area contributed by atoms with Gasteiger partial charge in [0.2, 0.25) is 0 Å². The zero-order chi connectivity index (χ0) is 20.7. The Morgan fingerprint density at radius 1 is 1.03 bits per heavy atom. The minimum absolute atomic E-state index is 0.0345. The lowest BCUT2D eigenvalue weighted by molar-refractivity contribution is 0.174. The highest BCUT2D eigenvalue weighted by atomic mass is 16.1. The van der Waals surface area contributed by atoms with E-state index < -0.39 is 0 Å². The molecule has 1 aromatic carbocycles. The lowest BCUT2D eigenvalue weighted by atomic mass is 9.98. The second-order valence-electron chi connectivity index (χ2n) is 8.96. The van der Waals surface area contributed by atoms with E-state index in [1.165, 1.54) is 24.8 Å². The fraction of sp³-hybridized carbons (Fsp3) is 0.565. The van der Waals surface area contributed by atoms with Crippen LogP contribution in [0, 0.1) is 13.8 Å². The summed E-state index contributed by atoms with van der Waals surface area (Å²) in [7, 11) is 0. The molecular formula is C23H30N6O. The van der Waals surface area contributed by atoms with E-state index in [4.69, 9.17) is 0 Å². The van der Waals surface area contributed by atoms with Crippen molar-refractivity contribution in [3.8, 4) is 0 Å². The van der Waals surface area contributed by atoms with E-state index in [1.54, 1.807) is 0 Å². The van der Waals surface area contributed by atoms with Crippen LogP contribution in [-0.2, 0) is 0 Å². The zero-order valence-electron chi connectivity index (χ0n) is 17.9. The highest BCUT2D eigenvalue weighted by molar-refractivity contribution is 5.85. The van der Waals surface area contributed by atoms with Crippen LogP contribution >= 0.6 is 0 Å².